The van der Waals surface area contributed by atoms with Gasteiger partial charge in [0.05, 0.1) is 0 Å². The molecular weight excluding hydrogens is 250 g/mol. The number of carbonyl (C=O) groups excluding carboxylic acids is 1. The van der Waals surface area contributed by atoms with Gasteiger partial charge in [-0.25, -0.2) is 0 Å². The largest absolute Gasteiger partial charge is 0.341 e. The zero-order chi connectivity index (χ0) is 14.4. The Morgan fingerprint density at radius 2 is 1.95 bits per heavy atom. The summed E-state index contributed by atoms with van der Waals surface area (Å²) in [5, 5.41) is 11.7. The molecule has 1 aliphatic heterocycles. The summed E-state index contributed by atoms with van der Waals surface area (Å²) in [5.41, 5.74) is 0.205. The molecule has 1 N–H and O–H groups in total. The van der Waals surface area contributed by atoms with Crippen LogP contribution in [0.15, 0.2) is 30.3 Å². The van der Waals surface area contributed by atoms with E-state index < -0.39 is 5.54 Å². The summed E-state index contributed by atoms with van der Waals surface area (Å²) in [6.45, 7) is 3.42. The van der Waals surface area contributed by atoms with Crippen LogP contribution in [0.5, 0.6) is 0 Å². The Bertz CT molecular complexity index is 488. The van der Waals surface area contributed by atoms with Crippen molar-refractivity contribution in [1.82, 2.24) is 10.2 Å². The number of nitrogens with zero attached hydrogens (tertiary/aromatic N) is 2. The topological polar surface area (TPSA) is 56.1 Å². The van der Waals surface area contributed by atoms with Gasteiger partial charge in [-0.15, -0.1) is 0 Å². The van der Waals surface area contributed by atoms with Crippen LogP contribution < -0.4 is 5.32 Å². The molecule has 0 unspecified atom stereocenters. The van der Waals surface area contributed by atoms with Gasteiger partial charge in [-0.05, 0) is 31.7 Å². The average molecular weight is 271 g/mol. The van der Waals surface area contributed by atoms with E-state index in [2.05, 4.69) is 5.32 Å². The van der Waals surface area contributed by atoms with Crippen molar-refractivity contribution in [3.63, 3.8) is 0 Å². The first kappa shape index (κ1) is 14.4. The van der Waals surface area contributed by atoms with E-state index >= 15 is 0 Å². The number of likely N-dealkylation sites (tertiary alicyclic amines) is 1. The van der Waals surface area contributed by atoms with E-state index in [1.807, 2.05) is 48.3 Å². The molecule has 0 radical (unpaired) electrons. The Hall–Kier alpha value is -2.02. The predicted molar refractivity (Wildman–Crippen MR) is 77.7 cm³/mol. The van der Waals surface area contributed by atoms with E-state index in [4.69, 9.17) is 5.26 Å². The van der Waals surface area contributed by atoms with Crippen LogP contribution in [0.2, 0.25) is 0 Å². The molecule has 1 heterocycles. The fourth-order valence-electron chi connectivity index (χ4n) is 2.75. The molecule has 0 aromatic heterocycles. The van der Waals surface area contributed by atoms with E-state index in [0.29, 0.717) is 6.42 Å². The highest BCUT2D eigenvalue weighted by atomic mass is 16.2. The number of amides is 1. The van der Waals surface area contributed by atoms with Crippen LogP contribution >= 0.6 is 0 Å². The Morgan fingerprint density at radius 3 is 2.55 bits per heavy atom. The van der Waals surface area contributed by atoms with Crippen LogP contribution in [0.3, 0.4) is 0 Å². The van der Waals surface area contributed by atoms with Crippen LogP contribution in [-0.2, 0) is 11.2 Å². The standard InChI is InChI=1S/C16H21N3O/c1-16(18-13-17,12-14-8-4-2-5-9-14)15(20)19-10-6-3-7-11-19/h2,4-5,8-9,18H,3,6-7,10-12H2,1H3/t16-/m0/s1. The molecule has 1 amide bonds. The minimum Gasteiger partial charge on any atom is -0.341 e. The number of carbonyl (C=O) groups is 1. The predicted octanol–water partition coefficient (Wildman–Crippen LogP) is 2.07. The highest BCUT2D eigenvalue weighted by Gasteiger charge is 2.37. The summed E-state index contributed by atoms with van der Waals surface area (Å²) in [6, 6.07) is 9.83. The van der Waals surface area contributed by atoms with Crippen molar-refractivity contribution in [3.05, 3.63) is 35.9 Å². The lowest BCUT2D eigenvalue weighted by molar-refractivity contribution is -0.138. The van der Waals surface area contributed by atoms with Crippen LogP contribution in [0.25, 0.3) is 0 Å². The molecular formula is C16H21N3O. The van der Waals surface area contributed by atoms with Crippen LogP contribution in [0.4, 0.5) is 0 Å². The van der Waals surface area contributed by atoms with E-state index in [1.165, 1.54) is 6.42 Å². The van der Waals surface area contributed by atoms with Crippen LogP contribution in [0.1, 0.15) is 31.7 Å². The smallest absolute Gasteiger partial charge is 0.248 e. The van der Waals surface area contributed by atoms with Crippen molar-refractivity contribution in [2.24, 2.45) is 0 Å². The number of rotatable bonds is 4. The third-order valence-corrected chi connectivity index (χ3v) is 3.85. The first-order valence-corrected chi connectivity index (χ1v) is 7.15. The van der Waals surface area contributed by atoms with E-state index in [0.717, 1.165) is 31.5 Å². The summed E-state index contributed by atoms with van der Waals surface area (Å²) in [5.74, 6) is 0.0302. The second kappa shape index (κ2) is 6.42. The Labute approximate surface area is 120 Å². The summed E-state index contributed by atoms with van der Waals surface area (Å²) >= 11 is 0. The quantitative estimate of drug-likeness (QED) is 0.673. The number of hydrogen-bond acceptors (Lipinski definition) is 3. The summed E-state index contributed by atoms with van der Waals surface area (Å²) in [7, 11) is 0. The van der Waals surface area contributed by atoms with Crippen molar-refractivity contribution in [1.29, 1.82) is 5.26 Å². The van der Waals surface area contributed by atoms with Gasteiger partial charge in [0.2, 0.25) is 5.91 Å². The van der Waals surface area contributed by atoms with Gasteiger partial charge in [0, 0.05) is 19.5 Å². The third kappa shape index (κ3) is 3.30. The first-order valence-electron chi connectivity index (χ1n) is 7.15. The molecule has 0 saturated carbocycles. The molecule has 0 bridgehead atoms. The number of nitrogens with one attached hydrogen (secondary N) is 1. The zero-order valence-corrected chi connectivity index (χ0v) is 11.9. The number of nitriles is 1. The Balaban J connectivity index is 2.15. The normalized spacial score (nSPS) is 17.9. The highest BCUT2D eigenvalue weighted by molar-refractivity contribution is 5.86. The Morgan fingerprint density at radius 1 is 1.30 bits per heavy atom. The molecule has 4 heteroatoms. The second-order valence-corrected chi connectivity index (χ2v) is 5.58. The summed E-state index contributed by atoms with van der Waals surface area (Å²) in [6.07, 6.45) is 5.77. The first-order chi connectivity index (χ1) is 9.65. The summed E-state index contributed by atoms with van der Waals surface area (Å²) in [4.78, 5) is 14.6. The van der Waals surface area contributed by atoms with Crippen molar-refractivity contribution in [2.45, 2.75) is 38.1 Å². The lowest BCUT2D eigenvalue weighted by atomic mass is 9.90. The van der Waals surface area contributed by atoms with Crippen molar-refractivity contribution < 1.29 is 4.79 Å². The SMILES string of the molecule is C[C@@](Cc1ccccc1)(NC#N)C(=O)N1CCCCC1. The molecule has 2 rings (SSSR count). The van der Waals surface area contributed by atoms with Gasteiger partial charge >= 0.3 is 0 Å². The fraction of sp³-hybridized carbons (Fsp3) is 0.500. The molecule has 0 aliphatic carbocycles. The highest BCUT2D eigenvalue weighted by Crippen LogP contribution is 2.19. The van der Waals surface area contributed by atoms with Gasteiger partial charge in [0.25, 0.3) is 0 Å². The van der Waals surface area contributed by atoms with Crippen molar-refractivity contribution in [2.75, 3.05) is 13.1 Å². The monoisotopic (exact) mass is 271 g/mol. The van der Waals surface area contributed by atoms with Crippen LogP contribution in [0, 0.1) is 11.5 Å². The number of piperidine rings is 1. The van der Waals surface area contributed by atoms with Gasteiger partial charge in [-0.2, -0.15) is 5.26 Å². The maximum atomic E-state index is 12.7. The van der Waals surface area contributed by atoms with E-state index in [1.54, 1.807) is 0 Å². The maximum absolute atomic E-state index is 12.7. The zero-order valence-electron chi connectivity index (χ0n) is 11.9. The van der Waals surface area contributed by atoms with Crippen molar-refractivity contribution >= 4 is 5.91 Å². The molecule has 106 valence electrons. The molecule has 0 spiro atoms. The number of benzene rings is 1. The minimum atomic E-state index is -0.854. The van der Waals surface area contributed by atoms with Gasteiger partial charge in [0.1, 0.15) is 5.54 Å². The maximum Gasteiger partial charge on any atom is 0.248 e. The lowest BCUT2D eigenvalue weighted by Crippen LogP contribution is -2.57. The number of hydrogen-bond donors (Lipinski definition) is 1. The molecule has 1 aliphatic rings. The van der Waals surface area contributed by atoms with E-state index in [9.17, 15) is 4.79 Å². The van der Waals surface area contributed by atoms with Crippen LogP contribution in [-0.4, -0.2) is 29.4 Å². The minimum absolute atomic E-state index is 0.0302. The summed E-state index contributed by atoms with van der Waals surface area (Å²) < 4.78 is 0. The molecule has 1 aromatic rings. The van der Waals surface area contributed by atoms with Gasteiger partial charge in [-0.3, -0.25) is 4.79 Å². The molecule has 1 fully saturated rings. The molecule has 20 heavy (non-hydrogen) atoms. The lowest BCUT2D eigenvalue weighted by Gasteiger charge is -2.35. The average Bonchev–Trinajstić information content (AvgIpc) is 2.48. The molecule has 1 aromatic carbocycles. The van der Waals surface area contributed by atoms with Gasteiger partial charge in [0.15, 0.2) is 6.19 Å². The molecule has 4 nitrogen and oxygen atoms in total. The van der Waals surface area contributed by atoms with Gasteiger partial charge < -0.3 is 10.2 Å². The third-order valence-electron chi connectivity index (χ3n) is 3.85. The fourth-order valence-corrected chi connectivity index (χ4v) is 2.75. The Kier molecular flexibility index (Phi) is 4.62. The van der Waals surface area contributed by atoms with Gasteiger partial charge in [-0.1, -0.05) is 30.3 Å². The second-order valence-electron chi connectivity index (χ2n) is 5.58. The molecule has 1 atom stereocenters. The van der Waals surface area contributed by atoms with E-state index in [-0.39, 0.29) is 5.91 Å². The van der Waals surface area contributed by atoms with Crippen molar-refractivity contribution in [3.8, 4) is 6.19 Å². The molecule has 1 saturated heterocycles.